The lowest BCUT2D eigenvalue weighted by atomic mass is 10.1. The maximum absolute atomic E-state index is 13.6. The molecule has 0 unspecified atom stereocenters. The van der Waals surface area contributed by atoms with Gasteiger partial charge in [-0.2, -0.15) is 0 Å². The van der Waals surface area contributed by atoms with Gasteiger partial charge in [-0.1, -0.05) is 12.1 Å². The zero-order valence-corrected chi connectivity index (χ0v) is 12.4. The molecule has 0 aromatic heterocycles. The third-order valence-corrected chi connectivity index (χ3v) is 3.07. The number of benzene rings is 2. The largest absolute Gasteiger partial charge is 0.491 e. The van der Waals surface area contributed by atoms with Gasteiger partial charge in [0.25, 0.3) is 0 Å². The summed E-state index contributed by atoms with van der Waals surface area (Å²) in [5, 5.41) is 3.12. The van der Waals surface area contributed by atoms with Crippen molar-refractivity contribution >= 4 is 5.69 Å². The number of hydrogen-bond acceptors (Lipinski definition) is 2. The summed E-state index contributed by atoms with van der Waals surface area (Å²) in [5.41, 5.74) is 2.16. The first-order valence-corrected chi connectivity index (χ1v) is 6.91. The number of ether oxygens (including phenoxy) is 1. The van der Waals surface area contributed by atoms with Crippen molar-refractivity contribution in [3.8, 4) is 5.75 Å². The first-order valence-electron chi connectivity index (χ1n) is 6.91. The maximum atomic E-state index is 13.6. The van der Waals surface area contributed by atoms with Crippen molar-refractivity contribution in [2.75, 3.05) is 5.32 Å². The van der Waals surface area contributed by atoms with Crippen molar-refractivity contribution in [2.24, 2.45) is 0 Å². The topological polar surface area (TPSA) is 21.3 Å². The molecule has 0 aliphatic heterocycles. The van der Waals surface area contributed by atoms with E-state index in [9.17, 15) is 8.78 Å². The van der Waals surface area contributed by atoms with Crippen molar-refractivity contribution in [3.05, 3.63) is 59.2 Å². The fraction of sp³-hybridized carbons (Fsp3) is 0.294. The van der Waals surface area contributed by atoms with Crippen molar-refractivity contribution in [1.29, 1.82) is 0 Å². The molecule has 4 heteroatoms. The van der Waals surface area contributed by atoms with Gasteiger partial charge < -0.3 is 10.1 Å². The third kappa shape index (κ3) is 3.94. The van der Waals surface area contributed by atoms with Crippen LogP contribution >= 0.6 is 0 Å². The van der Waals surface area contributed by atoms with Crippen molar-refractivity contribution in [1.82, 2.24) is 0 Å². The number of hydrogen-bond donors (Lipinski definition) is 1. The molecule has 0 saturated heterocycles. The molecule has 0 fully saturated rings. The molecule has 0 heterocycles. The van der Waals surface area contributed by atoms with Crippen LogP contribution in [0, 0.1) is 18.6 Å². The average Bonchev–Trinajstić information content (AvgIpc) is 2.41. The molecule has 0 aliphatic carbocycles. The predicted octanol–water partition coefficient (Wildman–Crippen LogP) is 4.67. The number of nitrogens with one attached hydrogen (secondary N) is 1. The zero-order valence-electron chi connectivity index (χ0n) is 12.4. The Hall–Kier alpha value is -2.10. The summed E-state index contributed by atoms with van der Waals surface area (Å²) in [7, 11) is 0. The Morgan fingerprint density at radius 2 is 1.90 bits per heavy atom. The Labute approximate surface area is 123 Å². The summed E-state index contributed by atoms with van der Waals surface area (Å²) < 4.78 is 32.3. The van der Waals surface area contributed by atoms with Gasteiger partial charge in [-0.3, -0.25) is 0 Å². The van der Waals surface area contributed by atoms with Gasteiger partial charge in [0, 0.05) is 17.8 Å². The highest BCUT2D eigenvalue weighted by Crippen LogP contribution is 2.23. The van der Waals surface area contributed by atoms with Crippen molar-refractivity contribution in [3.63, 3.8) is 0 Å². The molecule has 2 rings (SSSR count). The van der Waals surface area contributed by atoms with Crippen LogP contribution < -0.4 is 10.1 Å². The van der Waals surface area contributed by atoms with E-state index in [2.05, 4.69) is 5.32 Å². The Kier molecular flexibility index (Phi) is 4.78. The SMILES string of the molecule is Cc1cc(OC(C)C)ccc1NCc1cccc(F)c1F. The molecule has 1 N–H and O–H groups in total. The smallest absolute Gasteiger partial charge is 0.163 e. The lowest BCUT2D eigenvalue weighted by molar-refractivity contribution is 0.242. The number of aryl methyl sites for hydroxylation is 1. The molecular formula is C17H19F2NO. The fourth-order valence-corrected chi connectivity index (χ4v) is 2.06. The van der Waals surface area contributed by atoms with E-state index in [4.69, 9.17) is 4.74 Å². The van der Waals surface area contributed by atoms with E-state index in [0.717, 1.165) is 23.1 Å². The summed E-state index contributed by atoms with van der Waals surface area (Å²) in [6, 6.07) is 9.84. The minimum atomic E-state index is -0.827. The summed E-state index contributed by atoms with van der Waals surface area (Å²) in [4.78, 5) is 0. The lowest BCUT2D eigenvalue weighted by Gasteiger charge is -2.14. The van der Waals surface area contributed by atoms with Crippen LogP contribution in [0.1, 0.15) is 25.0 Å². The second-order valence-electron chi connectivity index (χ2n) is 5.21. The zero-order chi connectivity index (χ0) is 15.4. The standard InChI is InChI=1S/C17H19F2NO/c1-11(2)21-14-7-8-16(12(3)9-14)20-10-13-5-4-6-15(18)17(13)19/h4-9,11,20H,10H2,1-3H3. The van der Waals surface area contributed by atoms with Gasteiger partial charge in [0.1, 0.15) is 5.75 Å². The molecule has 0 bridgehead atoms. The molecule has 2 nitrogen and oxygen atoms in total. The number of rotatable bonds is 5. The van der Waals surface area contributed by atoms with Crippen LogP contribution in [0.5, 0.6) is 5.75 Å². The maximum Gasteiger partial charge on any atom is 0.163 e. The van der Waals surface area contributed by atoms with Gasteiger partial charge in [-0.15, -0.1) is 0 Å². The van der Waals surface area contributed by atoms with Gasteiger partial charge in [-0.25, -0.2) is 8.78 Å². The lowest BCUT2D eigenvalue weighted by Crippen LogP contribution is -2.07. The summed E-state index contributed by atoms with van der Waals surface area (Å²) >= 11 is 0. The van der Waals surface area contributed by atoms with Crippen LogP contribution in [0.15, 0.2) is 36.4 Å². The molecule has 2 aromatic carbocycles. The highest BCUT2D eigenvalue weighted by Gasteiger charge is 2.08. The molecule has 0 aliphatic rings. The minimum absolute atomic E-state index is 0.115. The average molecular weight is 291 g/mol. The Bertz CT molecular complexity index is 626. The first-order chi connectivity index (χ1) is 9.97. The van der Waals surface area contributed by atoms with Crippen LogP contribution in [0.2, 0.25) is 0 Å². The van der Waals surface area contributed by atoms with Gasteiger partial charge >= 0.3 is 0 Å². The van der Waals surface area contributed by atoms with Crippen molar-refractivity contribution < 1.29 is 13.5 Å². The Morgan fingerprint density at radius 1 is 1.14 bits per heavy atom. The second kappa shape index (κ2) is 6.57. The Morgan fingerprint density at radius 3 is 2.57 bits per heavy atom. The van der Waals surface area contributed by atoms with E-state index in [1.807, 2.05) is 39.0 Å². The summed E-state index contributed by atoms with van der Waals surface area (Å²) in [6.45, 7) is 6.11. The van der Waals surface area contributed by atoms with Crippen LogP contribution in [0.4, 0.5) is 14.5 Å². The second-order valence-corrected chi connectivity index (χ2v) is 5.21. The number of anilines is 1. The van der Waals surface area contributed by atoms with E-state index in [1.165, 1.54) is 6.07 Å². The first kappa shape index (κ1) is 15.3. The van der Waals surface area contributed by atoms with Gasteiger partial charge in [-0.05, 0) is 50.6 Å². The Balaban J connectivity index is 2.08. The quantitative estimate of drug-likeness (QED) is 0.864. The predicted molar refractivity (Wildman–Crippen MR) is 80.6 cm³/mol. The van der Waals surface area contributed by atoms with Crippen molar-refractivity contribution in [2.45, 2.75) is 33.4 Å². The normalized spacial score (nSPS) is 10.8. The molecule has 0 radical (unpaired) electrons. The number of halogens is 2. The molecular weight excluding hydrogens is 272 g/mol. The summed E-state index contributed by atoms with van der Waals surface area (Å²) in [5.74, 6) is -0.834. The molecule has 2 aromatic rings. The molecule has 0 amide bonds. The van der Waals surface area contributed by atoms with E-state index < -0.39 is 11.6 Å². The molecule has 0 spiro atoms. The van der Waals surface area contributed by atoms with Crippen LogP contribution in [0.25, 0.3) is 0 Å². The minimum Gasteiger partial charge on any atom is -0.491 e. The molecule has 0 saturated carbocycles. The molecule has 112 valence electrons. The molecule has 21 heavy (non-hydrogen) atoms. The highest BCUT2D eigenvalue weighted by molar-refractivity contribution is 5.53. The highest BCUT2D eigenvalue weighted by atomic mass is 19.2. The van der Waals surface area contributed by atoms with E-state index >= 15 is 0 Å². The van der Waals surface area contributed by atoms with Crippen LogP contribution in [-0.2, 0) is 6.54 Å². The van der Waals surface area contributed by atoms with Gasteiger partial charge in [0.2, 0.25) is 0 Å². The monoisotopic (exact) mass is 291 g/mol. The van der Waals surface area contributed by atoms with Crippen LogP contribution in [0.3, 0.4) is 0 Å². The van der Waals surface area contributed by atoms with Crippen LogP contribution in [-0.4, -0.2) is 6.10 Å². The molecule has 0 atom stereocenters. The van der Waals surface area contributed by atoms with Gasteiger partial charge in [0.05, 0.1) is 6.10 Å². The van der Waals surface area contributed by atoms with Gasteiger partial charge in [0.15, 0.2) is 11.6 Å². The van der Waals surface area contributed by atoms with E-state index in [0.29, 0.717) is 5.56 Å². The fourth-order valence-electron chi connectivity index (χ4n) is 2.06. The summed E-state index contributed by atoms with van der Waals surface area (Å²) in [6.07, 6.45) is 0.115. The third-order valence-electron chi connectivity index (χ3n) is 3.07. The van der Waals surface area contributed by atoms with E-state index in [-0.39, 0.29) is 12.6 Å². The van der Waals surface area contributed by atoms with E-state index in [1.54, 1.807) is 6.07 Å².